The van der Waals surface area contributed by atoms with Crippen molar-refractivity contribution in [3.63, 3.8) is 0 Å². The maximum Gasteiger partial charge on any atom is 0.240 e. The Morgan fingerprint density at radius 2 is 2.15 bits per heavy atom. The highest BCUT2D eigenvalue weighted by molar-refractivity contribution is 7.89. The molecule has 0 aliphatic heterocycles. The lowest BCUT2D eigenvalue weighted by Gasteiger charge is -2.08. The van der Waals surface area contributed by atoms with Crippen LogP contribution in [-0.4, -0.2) is 35.2 Å². The van der Waals surface area contributed by atoms with E-state index in [4.69, 9.17) is 4.74 Å². The van der Waals surface area contributed by atoms with Gasteiger partial charge in [0, 0.05) is 19.7 Å². The van der Waals surface area contributed by atoms with Gasteiger partial charge in [-0.05, 0) is 43.5 Å². The van der Waals surface area contributed by atoms with Crippen LogP contribution in [0.1, 0.15) is 18.4 Å². The molecule has 1 saturated carbocycles. The largest absolute Gasteiger partial charge is 0.380 e. The Labute approximate surface area is 120 Å². The summed E-state index contributed by atoms with van der Waals surface area (Å²) in [6.07, 6.45) is 2.48. The van der Waals surface area contributed by atoms with E-state index < -0.39 is 10.0 Å². The molecule has 1 aromatic rings. The van der Waals surface area contributed by atoms with E-state index in [0.29, 0.717) is 30.5 Å². The SMILES string of the molecule is CNCc1cccc(S(=O)(=O)NCCOCC2CC2)c1. The van der Waals surface area contributed by atoms with Crippen LogP contribution in [0, 0.1) is 5.92 Å². The third-order valence-corrected chi connectivity index (χ3v) is 4.64. The molecule has 0 heterocycles. The van der Waals surface area contributed by atoms with Crippen molar-refractivity contribution in [3.05, 3.63) is 29.8 Å². The van der Waals surface area contributed by atoms with Crippen molar-refractivity contribution in [1.29, 1.82) is 0 Å². The second kappa shape index (κ2) is 7.17. The van der Waals surface area contributed by atoms with Crippen LogP contribution in [0.4, 0.5) is 0 Å². The lowest BCUT2D eigenvalue weighted by atomic mass is 10.2. The number of hydrogen-bond acceptors (Lipinski definition) is 4. The molecule has 0 spiro atoms. The predicted octanol–water partition coefficient (Wildman–Crippen LogP) is 1.11. The molecule has 0 amide bonds. The van der Waals surface area contributed by atoms with Gasteiger partial charge in [0.1, 0.15) is 0 Å². The van der Waals surface area contributed by atoms with E-state index in [9.17, 15) is 8.42 Å². The smallest absolute Gasteiger partial charge is 0.240 e. The van der Waals surface area contributed by atoms with Gasteiger partial charge in [0.05, 0.1) is 11.5 Å². The summed E-state index contributed by atoms with van der Waals surface area (Å²) in [6, 6.07) is 6.94. The van der Waals surface area contributed by atoms with Crippen molar-refractivity contribution >= 4 is 10.0 Å². The molecule has 0 bridgehead atoms. The number of hydrogen-bond donors (Lipinski definition) is 2. The molecule has 2 N–H and O–H groups in total. The molecule has 0 aromatic heterocycles. The van der Waals surface area contributed by atoms with E-state index in [-0.39, 0.29) is 0 Å². The van der Waals surface area contributed by atoms with E-state index in [1.807, 2.05) is 13.1 Å². The second-order valence-corrected chi connectivity index (χ2v) is 6.86. The molecule has 20 heavy (non-hydrogen) atoms. The molecule has 5 nitrogen and oxygen atoms in total. The summed E-state index contributed by atoms with van der Waals surface area (Å²) in [4.78, 5) is 0.299. The predicted molar refractivity (Wildman–Crippen MR) is 77.9 cm³/mol. The number of rotatable bonds is 9. The summed E-state index contributed by atoms with van der Waals surface area (Å²) in [5.41, 5.74) is 0.945. The molecule has 1 fully saturated rings. The van der Waals surface area contributed by atoms with E-state index in [2.05, 4.69) is 10.0 Å². The highest BCUT2D eigenvalue weighted by atomic mass is 32.2. The van der Waals surface area contributed by atoms with Crippen molar-refractivity contribution in [1.82, 2.24) is 10.0 Å². The monoisotopic (exact) mass is 298 g/mol. The molecule has 1 aliphatic rings. The van der Waals surface area contributed by atoms with E-state index in [1.54, 1.807) is 18.2 Å². The third kappa shape index (κ3) is 4.86. The van der Waals surface area contributed by atoms with Gasteiger partial charge >= 0.3 is 0 Å². The minimum Gasteiger partial charge on any atom is -0.380 e. The number of benzene rings is 1. The van der Waals surface area contributed by atoms with Gasteiger partial charge < -0.3 is 10.1 Å². The Morgan fingerprint density at radius 1 is 1.35 bits per heavy atom. The first-order valence-corrected chi connectivity index (χ1v) is 8.41. The Kier molecular flexibility index (Phi) is 5.54. The molecule has 0 atom stereocenters. The highest BCUT2D eigenvalue weighted by Crippen LogP contribution is 2.28. The maximum atomic E-state index is 12.1. The normalized spacial score (nSPS) is 15.4. The molecular weight excluding hydrogens is 276 g/mol. The summed E-state index contributed by atoms with van der Waals surface area (Å²) >= 11 is 0. The Balaban J connectivity index is 1.83. The van der Waals surface area contributed by atoms with E-state index in [1.165, 1.54) is 12.8 Å². The zero-order valence-electron chi connectivity index (χ0n) is 11.8. The summed E-state index contributed by atoms with van der Waals surface area (Å²) < 4.78 is 32.2. The highest BCUT2D eigenvalue weighted by Gasteiger charge is 2.21. The van der Waals surface area contributed by atoms with Crippen LogP contribution >= 0.6 is 0 Å². The average Bonchev–Trinajstić information content (AvgIpc) is 3.23. The van der Waals surface area contributed by atoms with E-state index >= 15 is 0 Å². The molecular formula is C14H22N2O3S. The fourth-order valence-electron chi connectivity index (χ4n) is 1.89. The zero-order valence-corrected chi connectivity index (χ0v) is 12.6. The molecule has 0 saturated heterocycles. The van der Waals surface area contributed by atoms with Gasteiger partial charge in [0.2, 0.25) is 10.0 Å². The van der Waals surface area contributed by atoms with Gasteiger partial charge in [-0.15, -0.1) is 0 Å². The number of sulfonamides is 1. The molecule has 6 heteroatoms. The van der Waals surface area contributed by atoms with Crippen LogP contribution in [0.5, 0.6) is 0 Å². The summed E-state index contributed by atoms with van der Waals surface area (Å²) in [5.74, 6) is 0.699. The summed E-state index contributed by atoms with van der Waals surface area (Å²) in [6.45, 7) is 2.13. The van der Waals surface area contributed by atoms with Gasteiger partial charge in [-0.1, -0.05) is 12.1 Å². The van der Waals surface area contributed by atoms with Crippen molar-refractivity contribution in [2.45, 2.75) is 24.3 Å². The molecule has 0 unspecified atom stereocenters. The van der Waals surface area contributed by atoms with Gasteiger partial charge in [0.25, 0.3) is 0 Å². The lowest BCUT2D eigenvalue weighted by molar-refractivity contribution is 0.129. The molecule has 112 valence electrons. The van der Waals surface area contributed by atoms with Crippen molar-refractivity contribution in [3.8, 4) is 0 Å². The van der Waals surface area contributed by atoms with Crippen LogP contribution in [0.3, 0.4) is 0 Å². The topological polar surface area (TPSA) is 67.4 Å². The molecule has 1 aliphatic carbocycles. The van der Waals surface area contributed by atoms with Crippen LogP contribution in [-0.2, 0) is 21.3 Å². The van der Waals surface area contributed by atoms with Crippen LogP contribution in [0.25, 0.3) is 0 Å². The number of nitrogens with one attached hydrogen (secondary N) is 2. The third-order valence-electron chi connectivity index (χ3n) is 3.18. The van der Waals surface area contributed by atoms with Crippen LogP contribution in [0.15, 0.2) is 29.2 Å². The van der Waals surface area contributed by atoms with Gasteiger partial charge in [-0.25, -0.2) is 13.1 Å². The fraction of sp³-hybridized carbons (Fsp3) is 0.571. The van der Waals surface area contributed by atoms with Gasteiger partial charge in [-0.2, -0.15) is 0 Å². The zero-order chi connectivity index (χ0) is 14.4. The first kappa shape index (κ1) is 15.4. The number of ether oxygens (including phenoxy) is 1. The van der Waals surface area contributed by atoms with Crippen LogP contribution < -0.4 is 10.0 Å². The molecule has 1 aromatic carbocycles. The average molecular weight is 298 g/mol. The Bertz CT molecular complexity index is 527. The van der Waals surface area contributed by atoms with Gasteiger partial charge in [-0.3, -0.25) is 0 Å². The lowest BCUT2D eigenvalue weighted by Crippen LogP contribution is -2.27. The second-order valence-electron chi connectivity index (χ2n) is 5.09. The Hall–Kier alpha value is -0.950. The van der Waals surface area contributed by atoms with E-state index in [0.717, 1.165) is 12.2 Å². The quantitative estimate of drug-likeness (QED) is 0.670. The maximum absolute atomic E-state index is 12.1. The molecule has 0 radical (unpaired) electrons. The minimum atomic E-state index is -3.44. The first-order chi connectivity index (χ1) is 9.62. The summed E-state index contributed by atoms with van der Waals surface area (Å²) in [7, 11) is -1.61. The van der Waals surface area contributed by atoms with Gasteiger partial charge in [0.15, 0.2) is 0 Å². The summed E-state index contributed by atoms with van der Waals surface area (Å²) in [5, 5.41) is 3.00. The van der Waals surface area contributed by atoms with Crippen molar-refractivity contribution in [2.24, 2.45) is 5.92 Å². The van der Waals surface area contributed by atoms with Crippen molar-refractivity contribution < 1.29 is 13.2 Å². The fourth-order valence-corrected chi connectivity index (χ4v) is 2.98. The minimum absolute atomic E-state index is 0.299. The standard InChI is InChI=1S/C14H22N2O3S/c1-15-10-13-3-2-4-14(9-13)20(17,18)16-7-8-19-11-12-5-6-12/h2-4,9,12,15-16H,5-8,10-11H2,1H3. The molecule has 2 rings (SSSR count). The Morgan fingerprint density at radius 3 is 2.85 bits per heavy atom. The first-order valence-electron chi connectivity index (χ1n) is 6.93. The van der Waals surface area contributed by atoms with Crippen molar-refractivity contribution in [2.75, 3.05) is 26.8 Å². The van der Waals surface area contributed by atoms with Crippen LogP contribution in [0.2, 0.25) is 0 Å².